The molecule has 0 aliphatic carbocycles. The average Bonchev–Trinajstić information content (AvgIpc) is 2.74. The summed E-state index contributed by atoms with van der Waals surface area (Å²) in [5, 5.41) is 7.50. The van der Waals surface area contributed by atoms with Gasteiger partial charge in [0.1, 0.15) is 11.5 Å². The van der Waals surface area contributed by atoms with E-state index in [9.17, 15) is 8.42 Å². The van der Waals surface area contributed by atoms with Crippen LogP contribution in [-0.2, 0) is 17.1 Å². The SMILES string of the molecule is Cc1noc(C)c1S(=O)(=O)Nc1ccnn1C. The largest absolute Gasteiger partial charge is 0.360 e. The van der Waals surface area contributed by atoms with E-state index in [4.69, 9.17) is 4.52 Å². The molecule has 2 heterocycles. The van der Waals surface area contributed by atoms with Gasteiger partial charge in [0, 0.05) is 13.1 Å². The average molecular weight is 256 g/mol. The number of hydrogen-bond donors (Lipinski definition) is 1. The first-order chi connectivity index (χ1) is 7.92. The van der Waals surface area contributed by atoms with Gasteiger partial charge in [0.2, 0.25) is 0 Å². The van der Waals surface area contributed by atoms with Gasteiger partial charge in [-0.1, -0.05) is 5.16 Å². The molecule has 0 fully saturated rings. The molecule has 0 unspecified atom stereocenters. The van der Waals surface area contributed by atoms with Crippen LogP contribution < -0.4 is 4.72 Å². The monoisotopic (exact) mass is 256 g/mol. The van der Waals surface area contributed by atoms with Gasteiger partial charge in [0.25, 0.3) is 10.0 Å². The minimum absolute atomic E-state index is 0.0682. The Kier molecular flexibility index (Phi) is 2.66. The summed E-state index contributed by atoms with van der Waals surface area (Å²) in [5.74, 6) is 0.641. The summed E-state index contributed by atoms with van der Waals surface area (Å²) in [5.41, 5.74) is 0.331. The molecule has 0 aromatic carbocycles. The van der Waals surface area contributed by atoms with Crippen molar-refractivity contribution in [2.75, 3.05) is 4.72 Å². The Balaban J connectivity index is 2.42. The molecule has 2 aromatic rings. The zero-order chi connectivity index (χ0) is 12.6. The van der Waals surface area contributed by atoms with E-state index in [1.54, 1.807) is 27.0 Å². The molecule has 8 heteroatoms. The third-order valence-corrected chi connectivity index (χ3v) is 3.89. The zero-order valence-corrected chi connectivity index (χ0v) is 10.4. The molecular weight excluding hydrogens is 244 g/mol. The molecule has 2 aromatic heterocycles. The van der Waals surface area contributed by atoms with E-state index < -0.39 is 10.0 Å². The first kappa shape index (κ1) is 11.6. The lowest BCUT2D eigenvalue weighted by molar-refractivity contribution is 0.390. The van der Waals surface area contributed by atoms with Crippen LogP contribution in [0.4, 0.5) is 5.82 Å². The first-order valence-corrected chi connectivity index (χ1v) is 6.34. The number of anilines is 1. The third kappa shape index (κ3) is 2.03. The van der Waals surface area contributed by atoms with Crippen molar-refractivity contribution in [1.82, 2.24) is 14.9 Å². The van der Waals surface area contributed by atoms with Crippen molar-refractivity contribution in [2.24, 2.45) is 7.05 Å². The Morgan fingerprint density at radius 3 is 2.59 bits per heavy atom. The minimum atomic E-state index is -3.69. The van der Waals surface area contributed by atoms with Crippen molar-refractivity contribution >= 4 is 15.8 Å². The molecule has 0 amide bonds. The smallest absolute Gasteiger partial charge is 0.268 e. The number of aryl methyl sites for hydroxylation is 3. The lowest BCUT2D eigenvalue weighted by Gasteiger charge is -2.06. The fourth-order valence-corrected chi connectivity index (χ4v) is 2.94. The molecular formula is C9H12N4O3S. The molecule has 0 saturated carbocycles. The number of nitrogens with zero attached hydrogens (tertiary/aromatic N) is 3. The second-order valence-corrected chi connectivity index (χ2v) is 5.22. The highest BCUT2D eigenvalue weighted by molar-refractivity contribution is 7.92. The van der Waals surface area contributed by atoms with Crippen LogP contribution >= 0.6 is 0 Å². The van der Waals surface area contributed by atoms with Gasteiger partial charge in [-0.2, -0.15) is 5.10 Å². The van der Waals surface area contributed by atoms with Crippen LogP contribution in [0, 0.1) is 13.8 Å². The van der Waals surface area contributed by atoms with E-state index in [0.29, 0.717) is 11.5 Å². The van der Waals surface area contributed by atoms with Gasteiger partial charge in [-0.15, -0.1) is 0 Å². The quantitative estimate of drug-likeness (QED) is 0.878. The Bertz CT molecular complexity index is 622. The first-order valence-electron chi connectivity index (χ1n) is 4.85. The highest BCUT2D eigenvalue weighted by Gasteiger charge is 2.24. The van der Waals surface area contributed by atoms with E-state index in [1.165, 1.54) is 10.9 Å². The predicted molar refractivity (Wildman–Crippen MR) is 60.0 cm³/mol. The summed E-state index contributed by atoms with van der Waals surface area (Å²) < 4.78 is 32.9. The zero-order valence-electron chi connectivity index (χ0n) is 9.63. The van der Waals surface area contributed by atoms with Gasteiger partial charge >= 0.3 is 0 Å². The Labute approximate surface area is 98.5 Å². The van der Waals surface area contributed by atoms with Crippen LogP contribution in [0.2, 0.25) is 0 Å². The molecule has 0 saturated heterocycles. The molecule has 0 bridgehead atoms. The molecule has 0 aliphatic heterocycles. The molecule has 17 heavy (non-hydrogen) atoms. The minimum Gasteiger partial charge on any atom is -0.360 e. The van der Waals surface area contributed by atoms with Crippen molar-refractivity contribution < 1.29 is 12.9 Å². The Morgan fingerprint density at radius 2 is 2.12 bits per heavy atom. The maximum absolute atomic E-state index is 12.1. The van der Waals surface area contributed by atoms with Crippen molar-refractivity contribution in [3.63, 3.8) is 0 Å². The lowest BCUT2D eigenvalue weighted by atomic mass is 10.4. The molecule has 2 rings (SSSR count). The van der Waals surface area contributed by atoms with Gasteiger partial charge in [-0.25, -0.2) is 8.42 Å². The lowest BCUT2D eigenvalue weighted by Crippen LogP contribution is -2.16. The maximum atomic E-state index is 12.1. The van der Waals surface area contributed by atoms with Gasteiger partial charge < -0.3 is 4.52 Å². The topological polar surface area (TPSA) is 90.0 Å². The highest BCUT2D eigenvalue weighted by Crippen LogP contribution is 2.21. The number of hydrogen-bond acceptors (Lipinski definition) is 5. The van der Waals surface area contributed by atoms with Gasteiger partial charge in [0.05, 0.1) is 6.20 Å². The van der Waals surface area contributed by atoms with Gasteiger partial charge in [0.15, 0.2) is 10.7 Å². The molecule has 1 N–H and O–H groups in total. The van der Waals surface area contributed by atoms with Crippen LogP contribution in [0.25, 0.3) is 0 Å². The van der Waals surface area contributed by atoms with Crippen molar-refractivity contribution in [2.45, 2.75) is 18.7 Å². The van der Waals surface area contributed by atoms with Crippen LogP contribution in [-0.4, -0.2) is 23.4 Å². The van der Waals surface area contributed by atoms with Crippen LogP contribution in [0.15, 0.2) is 21.7 Å². The van der Waals surface area contributed by atoms with E-state index in [1.807, 2.05) is 0 Å². The summed E-state index contributed by atoms with van der Waals surface area (Å²) in [6.45, 7) is 3.13. The summed E-state index contributed by atoms with van der Waals surface area (Å²) in [4.78, 5) is 0.0682. The van der Waals surface area contributed by atoms with E-state index in [0.717, 1.165) is 0 Å². The summed E-state index contributed by atoms with van der Waals surface area (Å²) in [7, 11) is -2.05. The number of aromatic nitrogens is 3. The van der Waals surface area contributed by atoms with E-state index >= 15 is 0 Å². The normalized spacial score (nSPS) is 11.7. The Hall–Kier alpha value is -1.83. The van der Waals surface area contributed by atoms with Crippen LogP contribution in [0.5, 0.6) is 0 Å². The molecule has 0 aliphatic rings. The van der Waals surface area contributed by atoms with Crippen molar-refractivity contribution in [3.8, 4) is 0 Å². The summed E-state index contributed by atoms with van der Waals surface area (Å²) >= 11 is 0. The fourth-order valence-electron chi connectivity index (χ4n) is 1.52. The third-order valence-electron chi connectivity index (χ3n) is 2.30. The second kappa shape index (κ2) is 3.88. The Morgan fingerprint density at radius 1 is 1.41 bits per heavy atom. The summed E-state index contributed by atoms with van der Waals surface area (Å²) in [6, 6.07) is 1.57. The van der Waals surface area contributed by atoms with E-state index in [2.05, 4.69) is 15.0 Å². The van der Waals surface area contributed by atoms with Gasteiger partial charge in [-0.3, -0.25) is 9.40 Å². The molecule has 7 nitrogen and oxygen atoms in total. The maximum Gasteiger partial charge on any atom is 0.268 e. The highest BCUT2D eigenvalue weighted by atomic mass is 32.2. The van der Waals surface area contributed by atoms with Crippen molar-refractivity contribution in [3.05, 3.63) is 23.7 Å². The fraction of sp³-hybridized carbons (Fsp3) is 0.333. The number of sulfonamides is 1. The molecule has 0 spiro atoms. The van der Waals surface area contributed by atoms with Gasteiger partial charge in [-0.05, 0) is 13.8 Å². The van der Waals surface area contributed by atoms with Crippen molar-refractivity contribution in [1.29, 1.82) is 0 Å². The summed E-state index contributed by atoms with van der Waals surface area (Å²) in [6.07, 6.45) is 1.51. The predicted octanol–water partition coefficient (Wildman–Crippen LogP) is 0.826. The molecule has 92 valence electrons. The van der Waals surface area contributed by atoms with Crippen LogP contribution in [0.3, 0.4) is 0 Å². The second-order valence-electron chi connectivity index (χ2n) is 3.60. The molecule has 0 atom stereocenters. The number of nitrogens with one attached hydrogen (secondary N) is 1. The van der Waals surface area contributed by atoms with Crippen LogP contribution in [0.1, 0.15) is 11.5 Å². The van der Waals surface area contributed by atoms with E-state index in [-0.39, 0.29) is 10.7 Å². The standard InChI is InChI=1S/C9H12N4O3S/c1-6-9(7(2)16-11-6)17(14,15)12-8-4-5-10-13(8)3/h4-5,12H,1-3H3. The molecule has 0 radical (unpaired) electrons. The number of rotatable bonds is 3.